The number of hydrogen-bond donors (Lipinski definition) is 1. The molecule has 23 heavy (non-hydrogen) atoms. The normalized spacial score (nSPS) is 12.2. The van der Waals surface area contributed by atoms with E-state index in [0.29, 0.717) is 6.54 Å². The Kier molecular flexibility index (Phi) is 6.21. The van der Waals surface area contributed by atoms with Crippen molar-refractivity contribution in [3.63, 3.8) is 0 Å². The lowest BCUT2D eigenvalue weighted by molar-refractivity contribution is -0.120. The molecule has 0 saturated carbocycles. The number of rotatable bonds is 7. The van der Waals surface area contributed by atoms with Crippen molar-refractivity contribution >= 4 is 17.7 Å². The highest BCUT2D eigenvalue weighted by atomic mass is 32.2. The van der Waals surface area contributed by atoms with Crippen molar-refractivity contribution in [1.82, 2.24) is 20.1 Å². The number of benzene rings is 1. The highest BCUT2D eigenvalue weighted by molar-refractivity contribution is 8.00. The van der Waals surface area contributed by atoms with Gasteiger partial charge in [-0.05, 0) is 33.3 Å². The van der Waals surface area contributed by atoms with Gasteiger partial charge in [0.05, 0.1) is 5.25 Å². The lowest BCUT2D eigenvalue weighted by Crippen LogP contribution is -2.30. The number of amides is 1. The van der Waals surface area contributed by atoms with Crippen LogP contribution in [0.3, 0.4) is 0 Å². The summed E-state index contributed by atoms with van der Waals surface area (Å²) in [6, 6.07) is 8.25. The van der Waals surface area contributed by atoms with E-state index in [1.807, 2.05) is 26.0 Å². The Bertz CT molecular complexity index is 668. The van der Waals surface area contributed by atoms with Gasteiger partial charge in [0.2, 0.25) is 5.91 Å². The molecule has 0 unspecified atom stereocenters. The van der Waals surface area contributed by atoms with E-state index >= 15 is 0 Å². The Morgan fingerprint density at radius 3 is 2.78 bits per heavy atom. The van der Waals surface area contributed by atoms with Gasteiger partial charge in [-0.1, -0.05) is 42.4 Å². The third-order valence-electron chi connectivity index (χ3n) is 3.44. The van der Waals surface area contributed by atoms with Gasteiger partial charge in [0, 0.05) is 18.7 Å². The van der Waals surface area contributed by atoms with Gasteiger partial charge in [-0.25, -0.2) is 0 Å². The summed E-state index contributed by atoms with van der Waals surface area (Å²) in [7, 11) is 0. The van der Waals surface area contributed by atoms with Gasteiger partial charge in [-0.2, -0.15) is 0 Å². The minimum atomic E-state index is -0.194. The predicted octanol–water partition coefficient (Wildman–Crippen LogP) is 3.28. The van der Waals surface area contributed by atoms with Crippen LogP contribution in [-0.4, -0.2) is 32.5 Å². The molecule has 0 aliphatic heterocycles. The van der Waals surface area contributed by atoms with E-state index in [2.05, 4.69) is 46.1 Å². The van der Waals surface area contributed by atoms with Crippen molar-refractivity contribution < 1.29 is 4.79 Å². The second-order valence-corrected chi connectivity index (χ2v) is 6.79. The molecule has 0 bridgehead atoms. The highest BCUT2D eigenvalue weighted by Gasteiger charge is 2.20. The van der Waals surface area contributed by atoms with E-state index in [1.165, 1.54) is 17.3 Å². The van der Waals surface area contributed by atoms with E-state index in [1.54, 1.807) is 0 Å². The van der Waals surface area contributed by atoms with Crippen molar-refractivity contribution in [3.8, 4) is 11.4 Å². The first-order chi connectivity index (χ1) is 11.1. The second-order valence-electron chi connectivity index (χ2n) is 5.48. The van der Waals surface area contributed by atoms with Crippen molar-refractivity contribution in [3.05, 3.63) is 29.8 Å². The molecule has 6 heteroatoms. The molecular weight excluding hydrogens is 308 g/mol. The van der Waals surface area contributed by atoms with Crippen molar-refractivity contribution in [2.75, 3.05) is 6.54 Å². The average Bonchev–Trinajstić information content (AvgIpc) is 2.91. The maximum absolute atomic E-state index is 11.9. The third kappa shape index (κ3) is 4.34. The van der Waals surface area contributed by atoms with E-state index in [9.17, 15) is 4.79 Å². The molecule has 0 saturated heterocycles. The fraction of sp³-hybridized carbons (Fsp3) is 0.471. The number of nitrogens with one attached hydrogen (secondary N) is 1. The fourth-order valence-electron chi connectivity index (χ4n) is 2.33. The van der Waals surface area contributed by atoms with E-state index in [0.717, 1.165) is 29.5 Å². The predicted molar refractivity (Wildman–Crippen MR) is 94.5 cm³/mol. The molecule has 2 aromatic rings. The molecule has 0 aliphatic rings. The molecule has 0 fully saturated rings. The molecule has 1 atom stereocenters. The van der Waals surface area contributed by atoms with Crippen LogP contribution in [0.15, 0.2) is 29.4 Å². The summed E-state index contributed by atoms with van der Waals surface area (Å²) in [6.07, 6.45) is 0.986. The zero-order valence-corrected chi connectivity index (χ0v) is 15.0. The summed E-state index contributed by atoms with van der Waals surface area (Å²) in [5.41, 5.74) is 2.25. The van der Waals surface area contributed by atoms with Crippen molar-refractivity contribution in [2.24, 2.45) is 0 Å². The summed E-state index contributed by atoms with van der Waals surface area (Å²) in [5, 5.41) is 12.1. The highest BCUT2D eigenvalue weighted by Crippen LogP contribution is 2.27. The number of thioether (sulfide) groups is 1. The van der Waals surface area contributed by atoms with Crippen LogP contribution < -0.4 is 5.32 Å². The Hall–Kier alpha value is -1.82. The van der Waals surface area contributed by atoms with E-state index in [4.69, 9.17) is 0 Å². The lowest BCUT2D eigenvalue weighted by atomic mass is 10.1. The molecule has 0 radical (unpaired) electrons. The number of carbonyl (C=O) groups excluding carboxylic acids is 1. The molecule has 124 valence electrons. The summed E-state index contributed by atoms with van der Waals surface area (Å²) in [4.78, 5) is 11.9. The van der Waals surface area contributed by atoms with Gasteiger partial charge in [-0.15, -0.1) is 10.2 Å². The Morgan fingerprint density at radius 2 is 2.13 bits per heavy atom. The lowest BCUT2D eigenvalue weighted by Gasteiger charge is -2.12. The summed E-state index contributed by atoms with van der Waals surface area (Å²) < 4.78 is 2.11. The number of aryl methyl sites for hydroxylation is 1. The number of nitrogens with zero attached hydrogens (tertiary/aromatic N) is 3. The maximum atomic E-state index is 11.9. The Balaban J connectivity index is 2.29. The minimum Gasteiger partial charge on any atom is -0.355 e. The largest absolute Gasteiger partial charge is 0.355 e. The molecule has 0 aliphatic carbocycles. The summed E-state index contributed by atoms with van der Waals surface area (Å²) in [6.45, 7) is 9.48. The molecule has 1 N–H and O–H groups in total. The summed E-state index contributed by atoms with van der Waals surface area (Å²) in [5.74, 6) is 0.891. The zero-order chi connectivity index (χ0) is 16.8. The quantitative estimate of drug-likeness (QED) is 0.791. The first kappa shape index (κ1) is 17.5. The van der Waals surface area contributed by atoms with E-state index < -0.39 is 0 Å². The van der Waals surface area contributed by atoms with Crippen LogP contribution in [0.1, 0.15) is 32.8 Å². The van der Waals surface area contributed by atoms with Crippen LogP contribution in [0.25, 0.3) is 11.4 Å². The smallest absolute Gasteiger partial charge is 0.233 e. The van der Waals surface area contributed by atoms with Crippen LogP contribution in [0, 0.1) is 6.92 Å². The zero-order valence-electron chi connectivity index (χ0n) is 14.2. The molecule has 5 nitrogen and oxygen atoms in total. The molecule has 1 heterocycles. The van der Waals surface area contributed by atoms with Gasteiger partial charge < -0.3 is 9.88 Å². The minimum absolute atomic E-state index is 0.0284. The van der Waals surface area contributed by atoms with Crippen molar-refractivity contribution in [1.29, 1.82) is 0 Å². The standard InChI is InChI=1S/C17H24N4OS/c1-5-10-21-15(14-9-7-8-12(3)11-14)19-20-17(21)23-13(4)16(22)18-6-2/h7-9,11,13H,5-6,10H2,1-4H3,(H,18,22)/t13-/m1/s1. The topological polar surface area (TPSA) is 59.8 Å². The SMILES string of the molecule is CCCn1c(S[C@H](C)C(=O)NCC)nnc1-c1cccc(C)c1. The Labute approximate surface area is 141 Å². The van der Waals surface area contributed by atoms with Gasteiger partial charge in [0.25, 0.3) is 0 Å². The fourth-order valence-corrected chi connectivity index (χ4v) is 3.23. The van der Waals surface area contributed by atoms with Crippen molar-refractivity contribution in [2.45, 2.75) is 51.1 Å². The molecule has 0 spiro atoms. The maximum Gasteiger partial charge on any atom is 0.233 e. The number of aromatic nitrogens is 3. The summed E-state index contributed by atoms with van der Waals surface area (Å²) >= 11 is 1.46. The van der Waals surface area contributed by atoms with Gasteiger partial charge >= 0.3 is 0 Å². The van der Waals surface area contributed by atoms with E-state index in [-0.39, 0.29) is 11.2 Å². The third-order valence-corrected chi connectivity index (χ3v) is 4.52. The average molecular weight is 332 g/mol. The van der Waals surface area contributed by atoms with Crippen LogP contribution in [0.5, 0.6) is 0 Å². The molecular formula is C17H24N4OS. The molecule has 2 rings (SSSR count). The van der Waals surface area contributed by atoms with Gasteiger partial charge in [-0.3, -0.25) is 4.79 Å². The van der Waals surface area contributed by atoms with Crippen LogP contribution in [0.4, 0.5) is 0 Å². The first-order valence-corrected chi connectivity index (χ1v) is 8.89. The second kappa shape index (κ2) is 8.15. The molecule has 1 aromatic carbocycles. The van der Waals surface area contributed by atoms with Crippen LogP contribution >= 0.6 is 11.8 Å². The molecule has 1 amide bonds. The van der Waals surface area contributed by atoms with Gasteiger partial charge in [0.15, 0.2) is 11.0 Å². The number of hydrogen-bond acceptors (Lipinski definition) is 4. The Morgan fingerprint density at radius 1 is 1.35 bits per heavy atom. The van der Waals surface area contributed by atoms with Gasteiger partial charge in [0.1, 0.15) is 0 Å². The van der Waals surface area contributed by atoms with Crippen LogP contribution in [0.2, 0.25) is 0 Å². The van der Waals surface area contributed by atoms with Crippen LogP contribution in [-0.2, 0) is 11.3 Å². The first-order valence-electron chi connectivity index (χ1n) is 8.01. The number of carbonyl (C=O) groups is 1. The molecule has 1 aromatic heterocycles. The monoisotopic (exact) mass is 332 g/mol.